The fraction of sp³-hybridized carbons (Fsp3) is 0.889. The van der Waals surface area contributed by atoms with E-state index in [1.807, 2.05) is 0 Å². The minimum absolute atomic E-state index is 0.0535. The number of nitrogens with two attached hydrogens (primary N) is 1. The first kappa shape index (κ1) is 10.5. The Morgan fingerprint density at radius 3 is 2.69 bits per heavy atom. The lowest BCUT2D eigenvalue weighted by Gasteiger charge is -2.15. The van der Waals surface area contributed by atoms with Gasteiger partial charge < -0.3 is 15.8 Å². The van der Waals surface area contributed by atoms with Crippen molar-refractivity contribution in [3.05, 3.63) is 0 Å². The fourth-order valence-electron chi connectivity index (χ4n) is 1.16. The molecule has 0 aromatic carbocycles. The Hall–Kier alpha value is -0.610. The molecule has 0 radical (unpaired) electrons. The van der Waals surface area contributed by atoms with Gasteiger partial charge >= 0.3 is 0 Å². The van der Waals surface area contributed by atoms with Gasteiger partial charge in [-0.25, -0.2) is 0 Å². The van der Waals surface area contributed by atoms with Gasteiger partial charge in [-0.2, -0.15) is 0 Å². The van der Waals surface area contributed by atoms with Gasteiger partial charge in [-0.05, 0) is 31.7 Å². The van der Waals surface area contributed by atoms with Crippen LogP contribution < -0.4 is 11.1 Å². The van der Waals surface area contributed by atoms with E-state index in [1.54, 1.807) is 6.92 Å². The monoisotopic (exact) mass is 186 g/mol. The van der Waals surface area contributed by atoms with Crippen molar-refractivity contribution in [1.82, 2.24) is 5.32 Å². The Balaban J connectivity index is 2.22. The molecular weight excluding hydrogens is 168 g/mol. The molecule has 3 N–H and O–H groups in total. The first-order valence-electron chi connectivity index (χ1n) is 4.64. The number of ether oxygens (including phenoxy) is 1. The minimum Gasteiger partial charge on any atom is -0.372 e. The Morgan fingerprint density at radius 2 is 2.31 bits per heavy atom. The molecule has 1 rings (SSSR count). The molecule has 1 fully saturated rings. The Morgan fingerprint density at radius 1 is 1.69 bits per heavy atom. The van der Waals surface area contributed by atoms with E-state index in [1.165, 1.54) is 7.11 Å². The maximum absolute atomic E-state index is 11.3. The van der Waals surface area contributed by atoms with Crippen LogP contribution in [0, 0.1) is 5.41 Å². The van der Waals surface area contributed by atoms with Gasteiger partial charge in [0.05, 0.1) is 0 Å². The first-order valence-corrected chi connectivity index (χ1v) is 4.64. The van der Waals surface area contributed by atoms with Crippen LogP contribution in [-0.2, 0) is 9.53 Å². The van der Waals surface area contributed by atoms with Gasteiger partial charge in [0.1, 0.15) is 6.10 Å². The lowest BCUT2D eigenvalue weighted by molar-refractivity contribution is -0.130. The molecule has 0 spiro atoms. The highest BCUT2D eigenvalue weighted by Crippen LogP contribution is 2.43. The van der Waals surface area contributed by atoms with E-state index in [2.05, 4.69) is 5.32 Å². The van der Waals surface area contributed by atoms with Crippen LogP contribution >= 0.6 is 0 Å². The average Bonchev–Trinajstić information content (AvgIpc) is 2.93. The van der Waals surface area contributed by atoms with Gasteiger partial charge in [-0.3, -0.25) is 4.79 Å². The van der Waals surface area contributed by atoms with Gasteiger partial charge in [-0.15, -0.1) is 0 Å². The van der Waals surface area contributed by atoms with Crippen LogP contribution in [0.2, 0.25) is 0 Å². The molecule has 1 atom stereocenters. The predicted molar refractivity (Wildman–Crippen MR) is 50.2 cm³/mol. The van der Waals surface area contributed by atoms with Gasteiger partial charge in [0.15, 0.2) is 0 Å². The number of carbonyl (C=O) groups excluding carboxylic acids is 1. The van der Waals surface area contributed by atoms with Crippen molar-refractivity contribution < 1.29 is 9.53 Å². The molecule has 4 nitrogen and oxygen atoms in total. The predicted octanol–water partition coefficient (Wildman–Crippen LogP) is -0.124. The van der Waals surface area contributed by atoms with E-state index in [0.717, 1.165) is 12.8 Å². The summed E-state index contributed by atoms with van der Waals surface area (Å²) in [6, 6.07) is 0. The normalized spacial score (nSPS) is 20.8. The summed E-state index contributed by atoms with van der Waals surface area (Å²) in [6.45, 7) is 3.09. The second-order valence-electron chi connectivity index (χ2n) is 3.80. The van der Waals surface area contributed by atoms with Crippen LogP contribution in [0.4, 0.5) is 0 Å². The topological polar surface area (TPSA) is 64.3 Å². The quantitative estimate of drug-likeness (QED) is 0.629. The van der Waals surface area contributed by atoms with E-state index in [4.69, 9.17) is 10.5 Å². The number of hydrogen-bond donors (Lipinski definition) is 2. The van der Waals surface area contributed by atoms with Crippen LogP contribution in [0.5, 0.6) is 0 Å². The highest BCUT2D eigenvalue weighted by atomic mass is 16.5. The van der Waals surface area contributed by atoms with Crippen LogP contribution in [0.25, 0.3) is 0 Å². The van der Waals surface area contributed by atoms with Crippen molar-refractivity contribution >= 4 is 5.91 Å². The molecule has 1 aliphatic rings. The molecule has 0 aliphatic heterocycles. The molecule has 0 bridgehead atoms. The Kier molecular flexibility index (Phi) is 3.27. The summed E-state index contributed by atoms with van der Waals surface area (Å²) in [5, 5.41) is 2.84. The molecule has 0 saturated heterocycles. The molecule has 4 heteroatoms. The lowest BCUT2D eigenvalue weighted by atomic mass is 10.1. The number of methoxy groups -OCH3 is 1. The van der Waals surface area contributed by atoms with Gasteiger partial charge in [0.2, 0.25) is 5.91 Å². The minimum atomic E-state index is -0.367. The second-order valence-corrected chi connectivity index (χ2v) is 3.80. The Bertz CT molecular complexity index is 190. The van der Waals surface area contributed by atoms with Crippen LogP contribution in [-0.4, -0.2) is 32.2 Å². The zero-order chi connectivity index (χ0) is 9.90. The number of hydrogen-bond acceptors (Lipinski definition) is 3. The van der Waals surface area contributed by atoms with Crippen molar-refractivity contribution in [2.45, 2.75) is 25.9 Å². The molecule has 76 valence electrons. The Labute approximate surface area is 78.8 Å². The van der Waals surface area contributed by atoms with Crippen LogP contribution in [0.3, 0.4) is 0 Å². The molecule has 0 aromatic heterocycles. The summed E-state index contributed by atoms with van der Waals surface area (Å²) >= 11 is 0. The molecule has 1 saturated carbocycles. The van der Waals surface area contributed by atoms with E-state index >= 15 is 0 Å². The SMILES string of the molecule is COC(C)C(=O)NCC1(CN)CC1. The number of amides is 1. The van der Waals surface area contributed by atoms with Crippen LogP contribution in [0.15, 0.2) is 0 Å². The van der Waals surface area contributed by atoms with Crippen molar-refractivity contribution in [1.29, 1.82) is 0 Å². The third-order valence-electron chi connectivity index (χ3n) is 2.75. The molecule has 0 aromatic rings. The largest absolute Gasteiger partial charge is 0.372 e. The van der Waals surface area contributed by atoms with E-state index in [0.29, 0.717) is 13.1 Å². The lowest BCUT2D eigenvalue weighted by Crippen LogP contribution is -2.39. The molecule has 1 amide bonds. The third kappa shape index (κ3) is 2.67. The summed E-state index contributed by atoms with van der Waals surface area (Å²) in [4.78, 5) is 11.3. The smallest absolute Gasteiger partial charge is 0.248 e. The number of rotatable bonds is 5. The molecule has 0 heterocycles. The highest BCUT2D eigenvalue weighted by Gasteiger charge is 2.41. The zero-order valence-corrected chi connectivity index (χ0v) is 8.30. The van der Waals surface area contributed by atoms with Crippen molar-refractivity contribution in [3.8, 4) is 0 Å². The molecule has 1 unspecified atom stereocenters. The summed E-state index contributed by atoms with van der Waals surface area (Å²) in [7, 11) is 1.53. The number of nitrogens with one attached hydrogen (secondary N) is 1. The van der Waals surface area contributed by atoms with Gasteiger partial charge in [-0.1, -0.05) is 0 Å². The standard InChI is InChI=1S/C9H18N2O2/c1-7(13-2)8(12)11-6-9(5-10)3-4-9/h7H,3-6,10H2,1-2H3,(H,11,12). The van der Waals surface area contributed by atoms with Gasteiger partial charge in [0.25, 0.3) is 0 Å². The fourth-order valence-corrected chi connectivity index (χ4v) is 1.16. The average molecular weight is 186 g/mol. The molecule has 13 heavy (non-hydrogen) atoms. The maximum Gasteiger partial charge on any atom is 0.248 e. The molecular formula is C9H18N2O2. The molecule has 1 aliphatic carbocycles. The number of carbonyl (C=O) groups is 1. The third-order valence-corrected chi connectivity index (χ3v) is 2.75. The van der Waals surface area contributed by atoms with Crippen LogP contribution in [0.1, 0.15) is 19.8 Å². The van der Waals surface area contributed by atoms with E-state index in [-0.39, 0.29) is 17.4 Å². The maximum atomic E-state index is 11.3. The highest BCUT2D eigenvalue weighted by molar-refractivity contribution is 5.80. The summed E-state index contributed by atoms with van der Waals surface area (Å²) in [6.07, 6.45) is 1.89. The van der Waals surface area contributed by atoms with E-state index < -0.39 is 0 Å². The first-order chi connectivity index (χ1) is 6.13. The zero-order valence-electron chi connectivity index (χ0n) is 8.30. The summed E-state index contributed by atoms with van der Waals surface area (Å²) in [5.74, 6) is -0.0535. The van der Waals surface area contributed by atoms with Crippen molar-refractivity contribution in [3.63, 3.8) is 0 Å². The van der Waals surface area contributed by atoms with E-state index in [9.17, 15) is 4.79 Å². The van der Waals surface area contributed by atoms with Gasteiger partial charge in [0, 0.05) is 13.7 Å². The summed E-state index contributed by atoms with van der Waals surface area (Å²) < 4.78 is 4.89. The van der Waals surface area contributed by atoms with Crippen molar-refractivity contribution in [2.75, 3.05) is 20.2 Å². The van der Waals surface area contributed by atoms with Crippen molar-refractivity contribution in [2.24, 2.45) is 11.1 Å². The summed E-state index contributed by atoms with van der Waals surface area (Å²) in [5.41, 5.74) is 5.78. The second kappa shape index (κ2) is 4.07.